The number of rotatable bonds is 4. The molecule has 1 aromatic heterocycles. The molecular weight excluding hydrogens is 244 g/mol. The second-order valence-electron chi connectivity index (χ2n) is 5.15. The first-order valence-corrected chi connectivity index (χ1v) is 6.40. The number of hydrogen-bond acceptors (Lipinski definition) is 5. The molecule has 0 bridgehead atoms. The van der Waals surface area contributed by atoms with Gasteiger partial charge in [0.25, 0.3) is 0 Å². The molecule has 6 heteroatoms. The van der Waals surface area contributed by atoms with Gasteiger partial charge in [-0.3, -0.25) is 0 Å². The molecule has 0 aliphatic carbocycles. The van der Waals surface area contributed by atoms with Crippen LogP contribution in [0, 0.1) is 0 Å². The third kappa shape index (κ3) is 2.78. The number of nitrogens with zero attached hydrogens (tertiary/aromatic N) is 3. The van der Waals surface area contributed by atoms with Crippen molar-refractivity contribution in [1.29, 1.82) is 0 Å². The highest BCUT2D eigenvalue weighted by molar-refractivity contribution is 5.96. The number of aromatic carboxylic acids is 1. The average Bonchev–Trinajstić information content (AvgIpc) is 2.76. The number of carboxylic acid groups (broad SMARTS) is 1. The largest absolute Gasteiger partial charge is 0.478 e. The maximum absolute atomic E-state index is 11.1. The number of anilines is 2. The van der Waals surface area contributed by atoms with E-state index >= 15 is 0 Å². The Bertz CT molecular complexity index is 476. The van der Waals surface area contributed by atoms with Crippen LogP contribution in [0.1, 0.15) is 23.2 Å². The minimum atomic E-state index is -1.01. The van der Waals surface area contributed by atoms with Gasteiger partial charge in [0.1, 0.15) is 0 Å². The third-order valence-corrected chi connectivity index (χ3v) is 3.42. The van der Waals surface area contributed by atoms with Crippen LogP contribution in [0.25, 0.3) is 0 Å². The normalized spacial score (nSPS) is 19.1. The fourth-order valence-corrected chi connectivity index (χ4v) is 2.60. The van der Waals surface area contributed by atoms with Crippen LogP contribution in [-0.2, 0) is 0 Å². The molecule has 1 aromatic rings. The maximum Gasteiger partial charge on any atom is 0.337 e. The van der Waals surface area contributed by atoms with Gasteiger partial charge in [-0.05, 0) is 33.0 Å². The van der Waals surface area contributed by atoms with Gasteiger partial charge in [0.05, 0.1) is 11.3 Å². The van der Waals surface area contributed by atoms with Crippen LogP contribution in [0.15, 0.2) is 12.3 Å². The summed E-state index contributed by atoms with van der Waals surface area (Å²) in [6.45, 7) is 1.79. The van der Waals surface area contributed by atoms with Gasteiger partial charge in [-0.1, -0.05) is 0 Å². The average molecular weight is 264 g/mol. The highest BCUT2D eigenvalue weighted by atomic mass is 16.4. The lowest BCUT2D eigenvalue weighted by atomic mass is 10.2. The first kappa shape index (κ1) is 13.6. The van der Waals surface area contributed by atoms with Crippen LogP contribution in [-0.4, -0.2) is 54.2 Å². The molecule has 104 valence electrons. The van der Waals surface area contributed by atoms with Crippen molar-refractivity contribution in [2.45, 2.75) is 18.9 Å². The minimum absolute atomic E-state index is 0.125. The van der Waals surface area contributed by atoms with Crippen molar-refractivity contribution in [3.8, 4) is 0 Å². The van der Waals surface area contributed by atoms with Crippen LogP contribution < -0.4 is 10.6 Å². The van der Waals surface area contributed by atoms with Gasteiger partial charge in [-0.2, -0.15) is 0 Å². The number of hydrogen-bond donors (Lipinski definition) is 2. The van der Waals surface area contributed by atoms with Crippen molar-refractivity contribution < 1.29 is 9.90 Å². The van der Waals surface area contributed by atoms with Crippen molar-refractivity contribution in [2.24, 2.45) is 0 Å². The summed E-state index contributed by atoms with van der Waals surface area (Å²) >= 11 is 0. The van der Waals surface area contributed by atoms with E-state index < -0.39 is 5.97 Å². The maximum atomic E-state index is 11.1. The Morgan fingerprint density at radius 3 is 3.00 bits per heavy atom. The molecule has 1 unspecified atom stereocenters. The third-order valence-electron chi connectivity index (χ3n) is 3.42. The fraction of sp³-hybridized carbons (Fsp3) is 0.538. The molecule has 0 aromatic carbocycles. The minimum Gasteiger partial charge on any atom is -0.478 e. The van der Waals surface area contributed by atoms with Gasteiger partial charge in [-0.15, -0.1) is 0 Å². The topological polar surface area (TPSA) is 82.7 Å². The molecule has 6 nitrogen and oxygen atoms in total. The SMILES string of the molecule is CN(C)CC1CCCN1c1nccc(C(=O)O)c1N. The Morgan fingerprint density at radius 2 is 2.37 bits per heavy atom. The van der Waals surface area contributed by atoms with Crippen molar-refractivity contribution in [3.05, 3.63) is 17.8 Å². The highest BCUT2D eigenvalue weighted by Gasteiger charge is 2.28. The Hall–Kier alpha value is -1.82. The lowest BCUT2D eigenvalue weighted by molar-refractivity contribution is 0.0698. The molecule has 0 radical (unpaired) electrons. The number of nitrogen functional groups attached to an aromatic ring is 1. The second-order valence-corrected chi connectivity index (χ2v) is 5.15. The molecule has 19 heavy (non-hydrogen) atoms. The summed E-state index contributed by atoms with van der Waals surface area (Å²) in [6, 6.07) is 1.78. The van der Waals surface area contributed by atoms with E-state index in [1.54, 1.807) is 0 Å². The van der Waals surface area contributed by atoms with E-state index in [0.29, 0.717) is 11.9 Å². The van der Waals surface area contributed by atoms with Crippen molar-refractivity contribution in [3.63, 3.8) is 0 Å². The highest BCUT2D eigenvalue weighted by Crippen LogP contribution is 2.30. The Labute approximate surface area is 112 Å². The molecule has 1 fully saturated rings. The molecule has 0 spiro atoms. The van der Waals surface area contributed by atoms with Gasteiger partial charge in [0.15, 0.2) is 5.82 Å². The van der Waals surface area contributed by atoms with E-state index in [0.717, 1.165) is 25.9 Å². The zero-order valence-electron chi connectivity index (χ0n) is 11.3. The first-order valence-electron chi connectivity index (χ1n) is 6.40. The number of aromatic nitrogens is 1. The standard InChI is InChI=1S/C13H20N4O2/c1-16(2)8-9-4-3-7-17(9)12-11(14)10(13(18)19)5-6-15-12/h5-6,9H,3-4,7-8,14H2,1-2H3,(H,18,19). The second kappa shape index (κ2) is 5.44. The van der Waals surface area contributed by atoms with Crippen molar-refractivity contribution >= 4 is 17.5 Å². The van der Waals surface area contributed by atoms with Crippen LogP contribution in [0.4, 0.5) is 11.5 Å². The van der Waals surface area contributed by atoms with Crippen LogP contribution in [0.3, 0.4) is 0 Å². The van der Waals surface area contributed by atoms with Gasteiger partial charge in [-0.25, -0.2) is 9.78 Å². The van der Waals surface area contributed by atoms with Crippen LogP contribution in [0.5, 0.6) is 0 Å². The number of carbonyl (C=O) groups is 1. The number of nitrogens with two attached hydrogens (primary N) is 1. The lowest BCUT2D eigenvalue weighted by Gasteiger charge is -2.29. The summed E-state index contributed by atoms with van der Waals surface area (Å²) in [4.78, 5) is 19.6. The molecule has 0 saturated carbocycles. The predicted octanol–water partition coefficient (Wildman–Crippen LogP) is 0.892. The van der Waals surface area contributed by atoms with E-state index in [4.69, 9.17) is 10.8 Å². The summed E-state index contributed by atoms with van der Waals surface area (Å²) in [6.07, 6.45) is 3.67. The monoisotopic (exact) mass is 264 g/mol. The van der Waals surface area contributed by atoms with Gasteiger partial charge in [0.2, 0.25) is 0 Å². The lowest BCUT2D eigenvalue weighted by Crippen LogP contribution is -2.38. The van der Waals surface area contributed by atoms with Crippen LogP contribution in [0.2, 0.25) is 0 Å². The van der Waals surface area contributed by atoms with E-state index in [1.165, 1.54) is 12.3 Å². The molecule has 1 aliphatic heterocycles. The number of likely N-dealkylation sites (N-methyl/N-ethyl adjacent to an activating group) is 1. The Kier molecular flexibility index (Phi) is 3.90. The summed E-state index contributed by atoms with van der Waals surface area (Å²) in [5.74, 6) is -0.409. The summed E-state index contributed by atoms with van der Waals surface area (Å²) in [7, 11) is 4.06. The Morgan fingerprint density at radius 1 is 1.63 bits per heavy atom. The molecule has 2 rings (SSSR count). The quantitative estimate of drug-likeness (QED) is 0.840. The first-order chi connectivity index (χ1) is 9.00. The smallest absolute Gasteiger partial charge is 0.337 e. The molecule has 2 heterocycles. The summed E-state index contributed by atoms with van der Waals surface area (Å²) in [5.41, 5.74) is 6.35. The molecule has 0 amide bonds. The molecule has 1 aliphatic rings. The number of carboxylic acids is 1. The van der Waals surface area contributed by atoms with Crippen molar-refractivity contribution in [1.82, 2.24) is 9.88 Å². The van der Waals surface area contributed by atoms with Crippen LogP contribution >= 0.6 is 0 Å². The fourth-order valence-electron chi connectivity index (χ4n) is 2.60. The van der Waals surface area contributed by atoms with Gasteiger partial charge < -0.3 is 20.6 Å². The van der Waals surface area contributed by atoms with E-state index in [1.807, 2.05) is 14.1 Å². The Balaban J connectivity index is 2.30. The zero-order chi connectivity index (χ0) is 14.0. The molecule has 1 atom stereocenters. The van der Waals surface area contributed by atoms with E-state index in [9.17, 15) is 4.79 Å². The van der Waals surface area contributed by atoms with E-state index in [-0.39, 0.29) is 11.3 Å². The molecule has 3 N–H and O–H groups in total. The molecule has 1 saturated heterocycles. The summed E-state index contributed by atoms with van der Waals surface area (Å²) in [5, 5.41) is 9.11. The van der Waals surface area contributed by atoms with Gasteiger partial charge in [0, 0.05) is 25.3 Å². The summed E-state index contributed by atoms with van der Waals surface area (Å²) < 4.78 is 0. The number of pyridine rings is 1. The zero-order valence-corrected chi connectivity index (χ0v) is 11.3. The van der Waals surface area contributed by atoms with Crippen molar-refractivity contribution in [2.75, 3.05) is 37.8 Å². The molecular formula is C13H20N4O2. The predicted molar refractivity (Wildman–Crippen MR) is 74.5 cm³/mol. The van der Waals surface area contributed by atoms with E-state index in [2.05, 4.69) is 14.8 Å². The van der Waals surface area contributed by atoms with Gasteiger partial charge >= 0.3 is 5.97 Å².